The average Bonchev–Trinajstić information content (AvgIpc) is 2.99. The maximum atomic E-state index is 6.02. The Morgan fingerprint density at radius 1 is 1.18 bits per heavy atom. The molecule has 0 spiro atoms. The summed E-state index contributed by atoms with van der Waals surface area (Å²) in [6, 6.07) is 7.85. The molecule has 1 aromatic rings. The van der Waals surface area contributed by atoms with Crippen molar-refractivity contribution in [3.63, 3.8) is 0 Å². The van der Waals surface area contributed by atoms with Gasteiger partial charge in [0.2, 0.25) is 0 Å². The van der Waals surface area contributed by atoms with Gasteiger partial charge >= 0.3 is 0 Å². The van der Waals surface area contributed by atoms with Gasteiger partial charge in [0.25, 0.3) is 0 Å². The number of amidine groups is 1. The van der Waals surface area contributed by atoms with Gasteiger partial charge in [-0.05, 0) is 56.6 Å². The van der Waals surface area contributed by atoms with E-state index < -0.39 is 0 Å². The minimum atomic E-state index is 0. The van der Waals surface area contributed by atoms with E-state index in [-0.39, 0.29) is 24.8 Å². The number of hydrogen-bond donors (Lipinski definition) is 1. The van der Waals surface area contributed by atoms with Gasteiger partial charge in [0.15, 0.2) is 0 Å². The lowest BCUT2D eigenvalue weighted by Crippen LogP contribution is -2.24. The van der Waals surface area contributed by atoms with Gasteiger partial charge in [-0.25, -0.2) is 0 Å². The van der Waals surface area contributed by atoms with Crippen LogP contribution < -0.4 is 10.5 Å². The molecule has 1 aliphatic heterocycles. The van der Waals surface area contributed by atoms with Crippen molar-refractivity contribution >= 4 is 30.6 Å². The summed E-state index contributed by atoms with van der Waals surface area (Å²) in [5.41, 5.74) is 6.99. The Labute approximate surface area is 145 Å². The minimum Gasteiger partial charge on any atom is -0.494 e. The van der Waals surface area contributed by atoms with Crippen LogP contribution in [0.2, 0.25) is 0 Å². The van der Waals surface area contributed by atoms with Crippen molar-refractivity contribution in [1.29, 1.82) is 0 Å². The predicted molar refractivity (Wildman–Crippen MR) is 98.0 cm³/mol. The molecule has 0 aromatic heterocycles. The Balaban J connectivity index is 0.00000220. The molecule has 1 saturated heterocycles. The summed E-state index contributed by atoms with van der Waals surface area (Å²) in [7, 11) is 0. The number of halogens is 2. The van der Waals surface area contributed by atoms with Crippen LogP contribution in [-0.2, 0) is 0 Å². The molecule has 0 unspecified atom stereocenters. The summed E-state index contributed by atoms with van der Waals surface area (Å²) < 4.78 is 5.55. The molecule has 2 N–H and O–H groups in total. The summed E-state index contributed by atoms with van der Waals surface area (Å²) in [6.07, 6.45) is 3.65. The Morgan fingerprint density at radius 3 is 2.41 bits per heavy atom. The van der Waals surface area contributed by atoms with E-state index in [1.54, 1.807) is 0 Å². The summed E-state index contributed by atoms with van der Waals surface area (Å²) in [6.45, 7) is 7.05. The zero-order valence-corrected chi connectivity index (χ0v) is 14.8. The van der Waals surface area contributed by atoms with E-state index in [0.717, 1.165) is 37.4 Å². The Morgan fingerprint density at radius 2 is 1.82 bits per heavy atom. The fourth-order valence-electron chi connectivity index (χ4n) is 2.35. The normalized spacial score (nSPS) is 15.0. The molecular weight excluding hydrogens is 321 g/mol. The quantitative estimate of drug-likeness (QED) is 0.608. The van der Waals surface area contributed by atoms with Crippen molar-refractivity contribution in [3.8, 4) is 5.75 Å². The first-order valence-corrected chi connectivity index (χ1v) is 7.55. The number of nitrogens with two attached hydrogens (primary N) is 1. The fraction of sp³-hybridized carbons (Fsp3) is 0.562. The van der Waals surface area contributed by atoms with Gasteiger partial charge in [-0.15, -0.1) is 24.8 Å². The fourth-order valence-corrected chi connectivity index (χ4v) is 2.35. The second kappa shape index (κ2) is 11.6. The molecule has 0 bridgehead atoms. The van der Waals surface area contributed by atoms with E-state index in [9.17, 15) is 0 Å². The zero-order valence-electron chi connectivity index (χ0n) is 13.2. The predicted octanol–water partition coefficient (Wildman–Crippen LogP) is 3.12. The lowest BCUT2D eigenvalue weighted by atomic mass is 10.2. The van der Waals surface area contributed by atoms with Gasteiger partial charge in [-0.3, -0.25) is 4.99 Å². The Kier molecular flexibility index (Phi) is 11.1. The average molecular weight is 348 g/mol. The molecule has 6 heteroatoms. The highest BCUT2D eigenvalue weighted by Crippen LogP contribution is 2.12. The van der Waals surface area contributed by atoms with Crippen LogP contribution in [0, 0.1) is 0 Å². The number of likely N-dealkylation sites (tertiary alicyclic amines) is 1. The van der Waals surface area contributed by atoms with Crippen LogP contribution in [0.15, 0.2) is 29.3 Å². The smallest absolute Gasteiger partial charge is 0.125 e. The first kappa shape index (κ1) is 21.0. The van der Waals surface area contributed by atoms with E-state index in [1.807, 2.05) is 24.3 Å². The second-order valence-electron chi connectivity index (χ2n) is 5.19. The number of aliphatic imine (C=N–C) groups is 1. The molecule has 1 fully saturated rings. The lowest BCUT2D eigenvalue weighted by molar-refractivity contribution is 0.317. The minimum absolute atomic E-state index is 0. The topological polar surface area (TPSA) is 50.9 Å². The first-order chi connectivity index (χ1) is 9.79. The van der Waals surface area contributed by atoms with Gasteiger partial charge in [0.1, 0.15) is 11.6 Å². The van der Waals surface area contributed by atoms with Crippen LogP contribution >= 0.6 is 24.8 Å². The Bertz CT molecular complexity index is 432. The van der Waals surface area contributed by atoms with Crippen molar-refractivity contribution in [3.05, 3.63) is 29.8 Å². The standard InChI is InChI=1S/C16H25N3O.2ClH/c1-2-13-20-15-7-5-14(6-8-15)16(17)18-9-12-19-10-3-4-11-19;;/h5-8H,2-4,9-13H2,1H3,(H2,17,18);2*1H. The van der Waals surface area contributed by atoms with Crippen LogP contribution in [-0.4, -0.2) is 43.5 Å². The van der Waals surface area contributed by atoms with Crippen LogP contribution in [0.3, 0.4) is 0 Å². The van der Waals surface area contributed by atoms with E-state index >= 15 is 0 Å². The SMILES string of the molecule is CCCOc1ccc(C(N)=NCCN2CCCC2)cc1.Cl.Cl. The molecule has 126 valence electrons. The van der Waals surface area contributed by atoms with E-state index in [0.29, 0.717) is 5.84 Å². The van der Waals surface area contributed by atoms with Crippen molar-refractivity contribution in [1.82, 2.24) is 4.90 Å². The molecule has 1 aromatic carbocycles. The molecule has 0 radical (unpaired) electrons. The number of benzene rings is 1. The Hall–Kier alpha value is -0.970. The monoisotopic (exact) mass is 347 g/mol. The van der Waals surface area contributed by atoms with Gasteiger partial charge in [-0.1, -0.05) is 6.92 Å². The number of hydrogen-bond acceptors (Lipinski definition) is 3. The van der Waals surface area contributed by atoms with Crippen molar-refractivity contribution in [2.24, 2.45) is 10.7 Å². The van der Waals surface area contributed by atoms with Gasteiger partial charge in [0.05, 0.1) is 13.2 Å². The van der Waals surface area contributed by atoms with Crippen LogP contribution in [0.4, 0.5) is 0 Å². The number of ether oxygens (including phenoxy) is 1. The number of nitrogens with zero attached hydrogens (tertiary/aromatic N) is 2. The maximum Gasteiger partial charge on any atom is 0.125 e. The molecule has 22 heavy (non-hydrogen) atoms. The van der Waals surface area contributed by atoms with E-state index in [1.165, 1.54) is 25.9 Å². The van der Waals surface area contributed by atoms with Crippen molar-refractivity contribution in [2.75, 3.05) is 32.8 Å². The third kappa shape index (κ3) is 6.86. The van der Waals surface area contributed by atoms with Crippen LogP contribution in [0.1, 0.15) is 31.7 Å². The molecule has 0 amide bonds. The highest BCUT2D eigenvalue weighted by molar-refractivity contribution is 5.97. The summed E-state index contributed by atoms with van der Waals surface area (Å²) >= 11 is 0. The largest absolute Gasteiger partial charge is 0.494 e. The van der Waals surface area contributed by atoms with Gasteiger partial charge in [0, 0.05) is 12.1 Å². The molecule has 0 aliphatic carbocycles. The number of rotatable bonds is 7. The van der Waals surface area contributed by atoms with E-state index in [2.05, 4.69) is 16.8 Å². The van der Waals surface area contributed by atoms with Gasteiger partial charge < -0.3 is 15.4 Å². The van der Waals surface area contributed by atoms with Crippen molar-refractivity contribution in [2.45, 2.75) is 26.2 Å². The highest BCUT2D eigenvalue weighted by atomic mass is 35.5. The lowest BCUT2D eigenvalue weighted by Gasteiger charge is -2.12. The molecular formula is C16H27Cl2N3O. The first-order valence-electron chi connectivity index (χ1n) is 7.55. The van der Waals surface area contributed by atoms with E-state index in [4.69, 9.17) is 10.5 Å². The maximum absolute atomic E-state index is 6.02. The third-order valence-electron chi connectivity index (χ3n) is 3.52. The van der Waals surface area contributed by atoms with Gasteiger partial charge in [-0.2, -0.15) is 0 Å². The zero-order chi connectivity index (χ0) is 14.2. The second-order valence-corrected chi connectivity index (χ2v) is 5.19. The molecule has 4 nitrogen and oxygen atoms in total. The van der Waals surface area contributed by atoms with Crippen molar-refractivity contribution < 1.29 is 4.74 Å². The summed E-state index contributed by atoms with van der Waals surface area (Å²) in [4.78, 5) is 6.90. The summed E-state index contributed by atoms with van der Waals surface area (Å²) in [5, 5.41) is 0. The van der Waals surface area contributed by atoms with Crippen LogP contribution in [0.25, 0.3) is 0 Å². The van der Waals surface area contributed by atoms with Crippen LogP contribution in [0.5, 0.6) is 5.75 Å². The molecule has 1 aliphatic rings. The summed E-state index contributed by atoms with van der Waals surface area (Å²) in [5.74, 6) is 1.51. The molecule has 1 heterocycles. The molecule has 2 rings (SSSR count). The molecule has 0 saturated carbocycles. The molecule has 0 atom stereocenters. The third-order valence-corrected chi connectivity index (χ3v) is 3.52. The highest BCUT2D eigenvalue weighted by Gasteiger charge is 2.10.